The molecule has 6 heteroatoms. The van der Waals surface area contributed by atoms with E-state index in [1.54, 1.807) is 0 Å². The monoisotopic (exact) mass is 267 g/mol. The van der Waals surface area contributed by atoms with Gasteiger partial charge in [-0.05, 0) is 5.92 Å². The maximum absolute atomic E-state index is 12.3. The highest BCUT2D eigenvalue weighted by Crippen LogP contribution is 2.12. The van der Waals surface area contributed by atoms with Gasteiger partial charge in [-0.1, -0.05) is 26.7 Å². The molecule has 0 aliphatic carbocycles. The molecule has 106 valence electrons. The van der Waals surface area contributed by atoms with Crippen molar-refractivity contribution in [1.82, 2.24) is 15.1 Å². The fraction of sp³-hybridized carbons (Fsp3) is 0.615. The molecule has 0 saturated carbocycles. The lowest BCUT2D eigenvalue weighted by Crippen LogP contribution is -2.39. The number of aromatic amines is 1. The molecule has 19 heavy (non-hydrogen) atoms. The maximum Gasteiger partial charge on any atom is 0.325 e. The minimum Gasteiger partial charge on any atom is -0.468 e. The first-order valence-corrected chi connectivity index (χ1v) is 6.47. The Balaban J connectivity index is 2.79. The molecule has 1 aromatic rings. The molecule has 1 amide bonds. The number of rotatable bonds is 7. The van der Waals surface area contributed by atoms with Crippen molar-refractivity contribution in [1.29, 1.82) is 0 Å². The molecule has 0 aliphatic heterocycles. The number of carbonyl (C=O) groups excluding carboxylic acids is 2. The molecular weight excluding hydrogens is 246 g/mol. The van der Waals surface area contributed by atoms with Crippen molar-refractivity contribution >= 4 is 11.9 Å². The predicted octanol–water partition coefficient (Wildman–Crippen LogP) is 1.46. The number of nitrogens with one attached hydrogen (secondary N) is 1. The van der Waals surface area contributed by atoms with Gasteiger partial charge in [0.1, 0.15) is 6.54 Å². The largest absolute Gasteiger partial charge is 0.468 e. The predicted molar refractivity (Wildman–Crippen MR) is 70.6 cm³/mol. The standard InChI is InChI=1S/C13H21N3O3/c1-4-10(5-2)8-16(9-12(17)19-3)13(18)11-6-14-15-7-11/h6-7,10H,4-5,8-9H2,1-3H3,(H,14,15). The third-order valence-electron chi connectivity index (χ3n) is 3.21. The minimum absolute atomic E-state index is 0.0307. The first-order chi connectivity index (χ1) is 9.12. The Morgan fingerprint density at radius 2 is 2.11 bits per heavy atom. The van der Waals surface area contributed by atoms with Crippen LogP contribution in [0.1, 0.15) is 37.0 Å². The van der Waals surface area contributed by atoms with Crippen molar-refractivity contribution in [2.45, 2.75) is 26.7 Å². The zero-order chi connectivity index (χ0) is 14.3. The van der Waals surface area contributed by atoms with Crippen LogP contribution >= 0.6 is 0 Å². The van der Waals surface area contributed by atoms with Gasteiger partial charge in [0.15, 0.2) is 0 Å². The van der Waals surface area contributed by atoms with Gasteiger partial charge < -0.3 is 9.64 Å². The van der Waals surface area contributed by atoms with Crippen molar-refractivity contribution < 1.29 is 14.3 Å². The highest BCUT2D eigenvalue weighted by molar-refractivity contribution is 5.95. The molecule has 0 bridgehead atoms. The Morgan fingerprint density at radius 1 is 1.42 bits per heavy atom. The first kappa shape index (κ1) is 15.2. The molecule has 0 aromatic carbocycles. The number of hydrogen-bond acceptors (Lipinski definition) is 4. The summed E-state index contributed by atoms with van der Waals surface area (Å²) in [5.41, 5.74) is 0.454. The van der Waals surface area contributed by atoms with E-state index in [2.05, 4.69) is 28.8 Å². The van der Waals surface area contributed by atoms with E-state index in [1.165, 1.54) is 24.4 Å². The van der Waals surface area contributed by atoms with Crippen LogP contribution in [-0.2, 0) is 9.53 Å². The molecule has 1 aromatic heterocycles. The van der Waals surface area contributed by atoms with Gasteiger partial charge in [0, 0.05) is 12.7 Å². The Labute approximate surface area is 113 Å². The number of ether oxygens (including phenoxy) is 1. The maximum atomic E-state index is 12.3. The van der Waals surface area contributed by atoms with Gasteiger partial charge >= 0.3 is 5.97 Å². The molecule has 0 unspecified atom stereocenters. The Morgan fingerprint density at radius 3 is 2.58 bits per heavy atom. The Kier molecular flexibility index (Phi) is 6.05. The van der Waals surface area contributed by atoms with Crippen LogP contribution in [0, 0.1) is 5.92 Å². The van der Waals surface area contributed by atoms with E-state index in [9.17, 15) is 9.59 Å². The van der Waals surface area contributed by atoms with Crippen molar-refractivity contribution in [3.8, 4) is 0 Å². The lowest BCUT2D eigenvalue weighted by atomic mass is 10.0. The zero-order valence-corrected chi connectivity index (χ0v) is 11.7. The second-order valence-corrected chi connectivity index (χ2v) is 4.43. The van der Waals surface area contributed by atoms with Crippen molar-refractivity contribution in [2.24, 2.45) is 5.92 Å². The highest BCUT2D eigenvalue weighted by Gasteiger charge is 2.22. The molecule has 0 fully saturated rings. The van der Waals surface area contributed by atoms with Crippen molar-refractivity contribution in [3.05, 3.63) is 18.0 Å². The normalized spacial score (nSPS) is 10.5. The van der Waals surface area contributed by atoms with E-state index < -0.39 is 5.97 Å². The summed E-state index contributed by atoms with van der Waals surface area (Å²) in [7, 11) is 1.32. The Bertz CT molecular complexity index is 399. The summed E-state index contributed by atoms with van der Waals surface area (Å²) in [4.78, 5) is 25.2. The number of esters is 1. The number of hydrogen-bond donors (Lipinski definition) is 1. The second-order valence-electron chi connectivity index (χ2n) is 4.43. The summed E-state index contributed by atoms with van der Waals surface area (Å²) >= 11 is 0. The van der Waals surface area contributed by atoms with Gasteiger partial charge in [0.05, 0.1) is 18.9 Å². The van der Waals surface area contributed by atoms with E-state index in [-0.39, 0.29) is 12.5 Å². The van der Waals surface area contributed by atoms with Gasteiger partial charge in [-0.2, -0.15) is 5.10 Å². The summed E-state index contributed by atoms with van der Waals surface area (Å²) in [5.74, 6) is -0.241. The lowest BCUT2D eigenvalue weighted by molar-refractivity contribution is -0.141. The summed E-state index contributed by atoms with van der Waals surface area (Å²) in [6, 6.07) is 0. The highest BCUT2D eigenvalue weighted by atomic mass is 16.5. The molecule has 1 rings (SSSR count). The average molecular weight is 267 g/mol. The third kappa shape index (κ3) is 4.39. The van der Waals surface area contributed by atoms with E-state index in [4.69, 9.17) is 0 Å². The Hall–Kier alpha value is -1.85. The third-order valence-corrected chi connectivity index (χ3v) is 3.21. The molecule has 0 aliphatic rings. The molecule has 0 saturated heterocycles. The van der Waals surface area contributed by atoms with Crippen LogP contribution in [0.4, 0.5) is 0 Å². The van der Waals surface area contributed by atoms with Gasteiger partial charge in [-0.15, -0.1) is 0 Å². The van der Waals surface area contributed by atoms with Crippen LogP contribution in [0.2, 0.25) is 0 Å². The summed E-state index contributed by atoms with van der Waals surface area (Å²) in [5, 5.41) is 6.36. The number of amides is 1. The van der Waals surface area contributed by atoms with Crippen LogP contribution in [0.5, 0.6) is 0 Å². The number of aromatic nitrogens is 2. The smallest absolute Gasteiger partial charge is 0.325 e. The van der Waals surface area contributed by atoms with E-state index in [0.29, 0.717) is 18.0 Å². The van der Waals surface area contributed by atoms with Crippen molar-refractivity contribution in [2.75, 3.05) is 20.2 Å². The SMILES string of the molecule is CCC(CC)CN(CC(=O)OC)C(=O)c1cn[nH]c1. The number of carbonyl (C=O) groups is 2. The minimum atomic E-state index is -0.414. The zero-order valence-electron chi connectivity index (χ0n) is 11.7. The van der Waals surface area contributed by atoms with Crippen LogP contribution in [0.3, 0.4) is 0 Å². The summed E-state index contributed by atoms with van der Waals surface area (Å²) < 4.78 is 4.64. The van der Waals surface area contributed by atoms with Gasteiger partial charge in [0.25, 0.3) is 5.91 Å². The van der Waals surface area contributed by atoms with Crippen LogP contribution in [0.15, 0.2) is 12.4 Å². The van der Waals surface area contributed by atoms with Crippen molar-refractivity contribution in [3.63, 3.8) is 0 Å². The number of H-pyrrole nitrogens is 1. The molecule has 1 heterocycles. The van der Waals surface area contributed by atoms with Gasteiger partial charge in [-0.3, -0.25) is 14.7 Å². The van der Waals surface area contributed by atoms with E-state index >= 15 is 0 Å². The van der Waals surface area contributed by atoms with Gasteiger partial charge in [-0.25, -0.2) is 0 Å². The second kappa shape index (κ2) is 7.56. The molecule has 0 spiro atoms. The number of methoxy groups -OCH3 is 1. The lowest BCUT2D eigenvalue weighted by Gasteiger charge is -2.25. The van der Waals surface area contributed by atoms with Crippen LogP contribution < -0.4 is 0 Å². The quantitative estimate of drug-likeness (QED) is 0.759. The summed E-state index contributed by atoms with van der Waals surface area (Å²) in [6.07, 6.45) is 4.92. The van der Waals surface area contributed by atoms with Crippen LogP contribution in [-0.4, -0.2) is 47.2 Å². The van der Waals surface area contributed by atoms with Crippen LogP contribution in [0.25, 0.3) is 0 Å². The molecule has 0 radical (unpaired) electrons. The molecule has 6 nitrogen and oxygen atoms in total. The fourth-order valence-corrected chi connectivity index (χ4v) is 1.85. The van der Waals surface area contributed by atoms with Gasteiger partial charge in [0.2, 0.25) is 0 Å². The summed E-state index contributed by atoms with van der Waals surface area (Å²) in [6.45, 7) is 4.67. The molecule has 0 atom stereocenters. The fourth-order valence-electron chi connectivity index (χ4n) is 1.85. The molecule has 1 N–H and O–H groups in total. The average Bonchev–Trinajstić information content (AvgIpc) is 2.96. The topological polar surface area (TPSA) is 75.3 Å². The number of nitrogens with zero attached hydrogens (tertiary/aromatic N) is 2. The first-order valence-electron chi connectivity index (χ1n) is 6.47. The van der Waals surface area contributed by atoms with E-state index in [1.807, 2.05) is 0 Å². The molecular formula is C13H21N3O3. The van der Waals surface area contributed by atoms with E-state index in [0.717, 1.165) is 12.8 Å².